The van der Waals surface area contributed by atoms with Crippen LogP contribution in [0.5, 0.6) is 5.75 Å². The molecule has 0 atom stereocenters. The Labute approximate surface area is 77.1 Å². The zero-order chi connectivity index (χ0) is 10.1. The van der Waals surface area contributed by atoms with Crippen molar-refractivity contribution in [2.75, 3.05) is 0 Å². The van der Waals surface area contributed by atoms with E-state index >= 15 is 0 Å². The van der Waals surface area contributed by atoms with Crippen molar-refractivity contribution < 1.29 is 19.6 Å². The molecule has 0 spiro atoms. The fourth-order valence-corrected chi connectivity index (χ4v) is 0.655. The van der Waals surface area contributed by atoms with Crippen molar-refractivity contribution in [3.8, 4) is 5.75 Å². The SMILES string of the molecule is CC(=O)Oc1ccccc1.OBO. The van der Waals surface area contributed by atoms with E-state index in [1.54, 1.807) is 12.1 Å². The lowest BCUT2D eigenvalue weighted by atomic mass is 10.3. The minimum absolute atomic E-state index is 0.286. The van der Waals surface area contributed by atoms with Gasteiger partial charge >= 0.3 is 13.7 Å². The first-order valence-corrected chi connectivity index (χ1v) is 3.66. The van der Waals surface area contributed by atoms with Crippen LogP contribution in [0.3, 0.4) is 0 Å². The van der Waals surface area contributed by atoms with Gasteiger partial charge in [0.2, 0.25) is 0 Å². The van der Waals surface area contributed by atoms with E-state index in [0.29, 0.717) is 5.75 Å². The number of ether oxygens (including phenoxy) is 1. The van der Waals surface area contributed by atoms with Crippen molar-refractivity contribution >= 4 is 13.7 Å². The quantitative estimate of drug-likeness (QED) is 0.360. The maximum Gasteiger partial charge on any atom is 0.432 e. The molecule has 4 nitrogen and oxygen atoms in total. The summed E-state index contributed by atoms with van der Waals surface area (Å²) >= 11 is 0. The maximum atomic E-state index is 10.4. The second-order valence-electron chi connectivity index (χ2n) is 2.05. The predicted octanol–water partition coefficient (Wildman–Crippen LogP) is -0.151. The summed E-state index contributed by atoms with van der Waals surface area (Å²) in [5.41, 5.74) is 0. The molecule has 0 unspecified atom stereocenters. The van der Waals surface area contributed by atoms with E-state index in [0.717, 1.165) is 0 Å². The molecule has 0 saturated carbocycles. The average Bonchev–Trinajstić information content (AvgIpc) is 2.06. The lowest BCUT2D eigenvalue weighted by Crippen LogP contribution is -2.00. The Morgan fingerprint density at radius 3 is 2.15 bits per heavy atom. The van der Waals surface area contributed by atoms with Crippen LogP contribution in [0.15, 0.2) is 30.3 Å². The summed E-state index contributed by atoms with van der Waals surface area (Å²) in [6.45, 7) is 1.38. The zero-order valence-corrected chi connectivity index (χ0v) is 7.30. The third-order valence-electron chi connectivity index (χ3n) is 1.00. The molecule has 2 N–H and O–H groups in total. The minimum Gasteiger partial charge on any atom is -0.430 e. The largest absolute Gasteiger partial charge is 0.432 e. The van der Waals surface area contributed by atoms with E-state index in [4.69, 9.17) is 14.8 Å². The second-order valence-corrected chi connectivity index (χ2v) is 2.05. The Bertz CT molecular complexity index is 237. The lowest BCUT2D eigenvalue weighted by Gasteiger charge is -1.97. The van der Waals surface area contributed by atoms with Gasteiger partial charge in [-0.05, 0) is 12.1 Å². The molecule has 0 saturated heterocycles. The Morgan fingerprint density at radius 2 is 1.77 bits per heavy atom. The van der Waals surface area contributed by atoms with Gasteiger partial charge in [-0.1, -0.05) is 18.2 Å². The van der Waals surface area contributed by atoms with E-state index in [1.807, 2.05) is 18.2 Å². The van der Waals surface area contributed by atoms with Crippen molar-refractivity contribution in [1.82, 2.24) is 0 Å². The van der Waals surface area contributed by atoms with Gasteiger partial charge in [-0.25, -0.2) is 0 Å². The number of carbonyl (C=O) groups excluding carboxylic acids is 1. The van der Waals surface area contributed by atoms with Gasteiger partial charge in [0.15, 0.2) is 0 Å². The van der Waals surface area contributed by atoms with Gasteiger partial charge in [0.05, 0.1) is 0 Å². The first kappa shape index (κ1) is 11.7. The monoisotopic (exact) mass is 182 g/mol. The van der Waals surface area contributed by atoms with Gasteiger partial charge in [-0.2, -0.15) is 0 Å². The summed E-state index contributed by atoms with van der Waals surface area (Å²) in [4.78, 5) is 10.4. The summed E-state index contributed by atoms with van der Waals surface area (Å²) in [5, 5.41) is 14.2. The normalized spacial score (nSPS) is 7.92. The smallest absolute Gasteiger partial charge is 0.430 e. The zero-order valence-electron chi connectivity index (χ0n) is 7.30. The molecule has 0 radical (unpaired) electrons. The van der Waals surface area contributed by atoms with Gasteiger partial charge in [0, 0.05) is 6.92 Å². The second kappa shape index (κ2) is 7.33. The van der Waals surface area contributed by atoms with Gasteiger partial charge in [0.1, 0.15) is 5.75 Å². The molecule has 0 heterocycles. The molecule has 0 fully saturated rings. The van der Waals surface area contributed by atoms with Crippen molar-refractivity contribution in [2.24, 2.45) is 0 Å². The third kappa shape index (κ3) is 7.05. The summed E-state index contributed by atoms with van der Waals surface area (Å²) in [5.74, 6) is 0.307. The summed E-state index contributed by atoms with van der Waals surface area (Å²) in [6, 6.07) is 8.98. The van der Waals surface area contributed by atoms with E-state index in [9.17, 15) is 4.79 Å². The molecule has 13 heavy (non-hydrogen) atoms. The number of benzene rings is 1. The highest BCUT2D eigenvalue weighted by atomic mass is 16.5. The lowest BCUT2D eigenvalue weighted by molar-refractivity contribution is -0.131. The van der Waals surface area contributed by atoms with Gasteiger partial charge in [-0.15, -0.1) is 0 Å². The molecule has 0 aliphatic heterocycles. The van der Waals surface area contributed by atoms with E-state index < -0.39 is 7.69 Å². The number of hydrogen-bond donors (Lipinski definition) is 2. The molecule has 1 aromatic rings. The Kier molecular flexibility index (Phi) is 6.58. The predicted molar refractivity (Wildman–Crippen MR) is 49.3 cm³/mol. The molecular formula is C8H11BO4. The number of esters is 1. The van der Waals surface area contributed by atoms with Crippen molar-refractivity contribution in [2.45, 2.75) is 6.92 Å². The molecule has 1 aromatic carbocycles. The Morgan fingerprint density at radius 1 is 1.31 bits per heavy atom. The number of hydrogen-bond acceptors (Lipinski definition) is 4. The van der Waals surface area contributed by atoms with E-state index in [2.05, 4.69) is 0 Å². The first-order chi connectivity index (χ1) is 6.20. The Hall–Kier alpha value is -1.33. The van der Waals surface area contributed by atoms with Crippen LogP contribution >= 0.6 is 0 Å². The number of para-hydroxylation sites is 1. The standard InChI is InChI=1S/C8H8O2.BH3O2/c1-7(9)10-8-5-3-2-4-6-8;2-1-3/h2-6H,1H3;1-3H. The molecule has 0 aromatic heterocycles. The minimum atomic E-state index is -0.750. The third-order valence-corrected chi connectivity index (χ3v) is 1.00. The number of rotatable bonds is 1. The summed E-state index contributed by atoms with van der Waals surface area (Å²) in [6.07, 6.45) is 0. The highest BCUT2D eigenvalue weighted by molar-refractivity contribution is 6.13. The van der Waals surface area contributed by atoms with Crippen LogP contribution in [0.1, 0.15) is 6.92 Å². The highest BCUT2D eigenvalue weighted by Gasteiger charge is 1.92. The van der Waals surface area contributed by atoms with Crippen LogP contribution in [-0.2, 0) is 4.79 Å². The molecular weight excluding hydrogens is 171 g/mol. The Balaban J connectivity index is 0.000000424. The maximum absolute atomic E-state index is 10.4. The van der Waals surface area contributed by atoms with Crippen LogP contribution in [0, 0.1) is 0 Å². The molecule has 0 bridgehead atoms. The average molecular weight is 182 g/mol. The van der Waals surface area contributed by atoms with Crippen LogP contribution < -0.4 is 4.74 Å². The molecule has 0 amide bonds. The van der Waals surface area contributed by atoms with Crippen LogP contribution in [0.25, 0.3) is 0 Å². The van der Waals surface area contributed by atoms with Gasteiger partial charge in [-0.3, -0.25) is 4.79 Å². The van der Waals surface area contributed by atoms with Crippen molar-refractivity contribution in [3.63, 3.8) is 0 Å². The fraction of sp³-hybridized carbons (Fsp3) is 0.125. The van der Waals surface area contributed by atoms with Crippen molar-refractivity contribution in [1.29, 1.82) is 0 Å². The van der Waals surface area contributed by atoms with E-state index in [-0.39, 0.29) is 5.97 Å². The summed E-state index contributed by atoms with van der Waals surface area (Å²) < 4.78 is 4.78. The van der Waals surface area contributed by atoms with Crippen molar-refractivity contribution in [3.05, 3.63) is 30.3 Å². The van der Waals surface area contributed by atoms with Crippen LogP contribution in [-0.4, -0.2) is 23.7 Å². The highest BCUT2D eigenvalue weighted by Crippen LogP contribution is 2.07. The van der Waals surface area contributed by atoms with Crippen LogP contribution in [0.2, 0.25) is 0 Å². The van der Waals surface area contributed by atoms with Crippen LogP contribution in [0.4, 0.5) is 0 Å². The fourth-order valence-electron chi connectivity index (χ4n) is 0.655. The molecule has 70 valence electrons. The van der Waals surface area contributed by atoms with Gasteiger partial charge in [0.25, 0.3) is 0 Å². The number of carbonyl (C=O) groups is 1. The summed E-state index contributed by atoms with van der Waals surface area (Å²) in [7, 11) is -0.750. The molecule has 0 aliphatic rings. The van der Waals surface area contributed by atoms with E-state index in [1.165, 1.54) is 6.92 Å². The van der Waals surface area contributed by atoms with Gasteiger partial charge < -0.3 is 14.8 Å². The molecule has 5 heteroatoms. The molecule has 0 aliphatic carbocycles. The molecule has 1 rings (SSSR count). The topological polar surface area (TPSA) is 66.8 Å². The first-order valence-electron chi connectivity index (χ1n) is 3.66.